The Morgan fingerprint density at radius 3 is 2.25 bits per heavy atom. The summed E-state index contributed by atoms with van der Waals surface area (Å²) in [5, 5.41) is 2.89. The first-order chi connectivity index (χ1) is 9.72. The first kappa shape index (κ1) is 14.5. The van der Waals surface area contributed by atoms with Crippen LogP contribution in [0.2, 0.25) is 0 Å². The summed E-state index contributed by atoms with van der Waals surface area (Å²) < 4.78 is 15.9. The Bertz CT molecular complexity index is 435. The van der Waals surface area contributed by atoms with Gasteiger partial charge in [0.1, 0.15) is 23.9 Å². The highest BCUT2D eigenvalue weighted by atomic mass is 16.5. The van der Waals surface area contributed by atoms with Crippen molar-refractivity contribution in [1.82, 2.24) is 5.32 Å². The van der Waals surface area contributed by atoms with Crippen LogP contribution in [0.25, 0.3) is 0 Å². The van der Waals surface area contributed by atoms with Crippen LogP contribution in [0.4, 0.5) is 0 Å². The van der Waals surface area contributed by atoms with E-state index in [-0.39, 0.29) is 11.8 Å². The molecule has 1 aliphatic rings. The predicted octanol–water partition coefficient (Wildman–Crippen LogP) is 2.00. The molecule has 0 atom stereocenters. The van der Waals surface area contributed by atoms with Crippen LogP contribution in [0.1, 0.15) is 19.3 Å². The molecule has 0 spiro atoms. The van der Waals surface area contributed by atoms with Crippen LogP contribution in [0.15, 0.2) is 18.2 Å². The number of carbonyl (C=O) groups excluding carboxylic acids is 1. The minimum absolute atomic E-state index is 0.142. The second kappa shape index (κ2) is 7.03. The molecule has 5 nitrogen and oxygen atoms in total. The minimum atomic E-state index is 0.142. The molecule has 110 valence electrons. The van der Waals surface area contributed by atoms with Crippen molar-refractivity contribution < 1.29 is 19.0 Å². The van der Waals surface area contributed by atoms with Gasteiger partial charge in [0.15, 0.2) is 0 Å². The smallest absolute Gasteiger partial charge is 0.223 e. The maximum atomic E-state index is 11.6. The van der Waals surface area contributed by atoms with Gasteiger partial charge >= 0.3 is 0 Å². The number of hydrogen-bond acceptors (Lipinski definition) is 4. The van der Waals surface area contributed by atoms with E-state index < -0.39 is 0 Å². The zero-order valence-corrected chi connectivity index (χ0v) is 12.0. The van der Waals surface area contributed by atoms with E-state index in [0.29, 0.717) is 30.4 Å². The molecule has 1 aliphatic carbocycles. The molecule has 1 fully saturated rings. The van der Waals surface area contributed by atoms with Gasteiger partial charge in [0, 0.05) is 24.1 Å². The number of nitrogens with one attached hydrogen (secondary N) is 1. The van der Waals surface area contributed by atoms with E-state index in [0.717, 1.165) is 19.3 Å². The Kier molecular flexibility index (Phi) is 5.09. The molecule has 0 radical (unpaired) electrons. The van der Waals surface area contributed by atoms with Crippen molar-refractivity contribution in [3.05, 3.63) is 18.2 Å². The molecule has 1 saturated carbocycles. The van der Waals surface area contributed by atoms with Crippen molar-refractivity contribution in [1.29, 1.82) is 0 Å². The van der Waals surface area contributed by atoms with E-state index in [4.69, 9.17) is 14.2 Å². The fourth-order valence-electron chi connectivity index (χ4n) is 2.02. The summed E-state index contributed by atoms with van der Waals surface area (Å²) in [6, 6.07) is 5.36. The first-order valence-corrected chi connectivity index (χ1v) is 6.86. The Morgan fingerprint density at radius 1 is 1.15 bits per heavy atom. The molecule has 1 aromatic carbocycles. The van der Waals surface area contributed by atoms with Gasteiger partial charge in [0.2, 0.25) is 5.91 Å². The summed E-state index contributed by atoms with van der Waals surface area (Å²) in [4.78, 5) is 11.6. The monoisotopic (exact) mass is 279 g/mol. The number of methoxy groups -OCH3 is 2. The molecular formula is C15H21NO4. The highest BCUT2D eigenvalue weighted by Gasteiger charge is 2.24. The van der Waals surface area contributed by atoms with Crippen LogP contribution >= 0.6 is 0 Å². The zero-order valence-electron chi connectivity index (χ0n) is 12.0. The standard InChI is InChI=1S/C15H21NO4/c1-18-12-8-13(19-2)10-14(9-12)20-7-6-16-15(17)11-4-3-5-11/h8-11H,3-7H2,1-2H3,(H,16,17). The fourth-order valence-corrected chi connectivity index (χ4v) is 2.02. The zero-order chi connectivity index (χ0) is 14.4. The minimum Gasteiger partial charge on any atom is -0.496 e. The molecule has 0 aromatic heterocycles. The van der Waals surface area contributed by atoms with Crippen molar-refractivity contribution in [2.24, 2.45) is 5.92 Å². The largest absolute Gasteiger partial charge is 0.496 e. The van der Waals surface area contributed by atoms with Crippen molar-refractivity contribution in [2.75, 3.05) is 27.4 Å². The first-order valence-electron chi connectivity index (χ1n) is 6.86. The number of benzene rings is 1. The molecule has 0 aliphatic heterocycles. The van der Waals surface area contributed by atoms with Gasteiger partial charge in [-0.25, -0.2) is 0 Å². The van der Waals surface area contributed by atoms with E-state index in [2.05, 4.69) is 5.32 Å². The molecule has 0 bridgehead atoms. The average Bonchev–Trinajstić information content (AvgIpc) is 2.41. The lowest BCUT2D eigenvalue weighted by molar-refractivity contribution is -0.127. The average molecular weight is 279 g/mol. The third kappa shape index (κ3) is 3.79. The van der Waals surface area contributed by atoms with Gasteiger partial charge in [-0.05, 0) is 12.8 Å². The molecule has 20 heavy (non-hydrogen) atoms. The molecule has 0 heterocycles. The SMILES string of the molecule is COc1cc(OC)cc(OCCNC(=O)C2CCC2)c1. The van der Waals surface area contributed by atoms with Gasteiger partial charge in [0.05, 0.1) is 20.8 Å². The van der Waals surface area contributed by atoms with Crippen LogP contribution in [0.3, 0.4) is 0 Å². The molecule has 5 heteroatoms. The molecule has 1 N–H and O–H groups in total. The number of hydrogen-bond donors (Lipinski definition) is 1. The van der Waals surface area contributed by atoms with Gasteiger partial charge in [0.25, 0.3) is 0 Å². The summed E-state index contributed by atoms with van der Waals surface area (Å²) >= 11 is 0. The number of carbonyl (C=O) groups is 1. The van der Waals surface area contributed by atoms with E-state index in [9.17, 15) is 4.79 Å². The van der Waals surface area contributed by atoms with Crippen molar-refractivity contribution in [3.63, 3.8) is 0 Å². The van der Waals surface area contributed by atoms with Crippen LogP contribution in [-0.2, 0) is 4.79 Å². The second-order valence-electron chi connectivity index (χ2n) is 4.82. The van der Waals surface area contributed by atoms with E-state index in [1.54, 1.807) is 32.4 Å². The maximum Gasteiger partial charge on any atom is 0.223 e. The van der Waals surface area contributed by atoms with Crippen molar-refractivity contribution in [2.45, 2.75) is 19.3 Å². The Labute approximate surface area is 119 Å². The summed E-state index contributed by atoms with van der Waals surface area (Å²) in [5.41, 5.74) is 0. The van der Waals surface area contributed by atoms with E-state index >= 15 is 0 Å². The van der Waals surface area contributed by atoms with Crippen LogP contribution < -0.4 is 19.5 Å². The Hall–Kier alpha value is -1.91. The van der Waals surface area contributed by atoms with Gasteiger partial charge in [-0.3, -0.25) is 4.79 Å². The lowest BCUT2D eigenvalue weighted by Gasteiger charge is -2.24. The van der Waals surface area contributed by atoms with Crippen molar-refractivity contribution in [3.8, 4) is 17.2 Å². The topological polar surface area (TPSA) is 56.8 Å². The molecule has 1 amide bonds. The summed E-state index contributed by atoms with van der Waals surface area (Å²) in [6.07, 6.45) is 3.19. The van der Waals surface area contributed by atoms with Gasteiger partial charge in [-0.15, -0.1) is 0 Å². The molecule has 1 aromatic rings. The third-order valence-corrected chi connectivity index (χ3v) is 3.47. The van der Waals surface area contributed by atoms with Gasteiger partial charge in [-0.2, -0.15) is 0 Å². The van der Waals surface area contributed by atoms with Crippen LogP contribution in [0, 0.1) is 5.92 Å². The molecule has 2 rings (SSSR count). The highest BCUT2D eigenvalue weighted by molar-refractivity contribution is 5.79. The summed E-state index contributed by atoms with van der Waals surface area (Å²) in [7, 11) is 3.19. The lowest BCUT2D eigenvalue weighted by Crippen LogP contribution is -2.36. The summed E-state index contributed by atoms with van der Waals surface area (Å²) in [6.45, 7) is 0.934. The van der Waals surface area contributed by atoms with Gasteiger partial charge < -0.3 is 19.5 Å². The Morgan fingerprint density at radius 2 is 1.75 bits per heavy atom. The maximum absolute atomic E-state index is 11.6. The fraction of sp³-hybridized carbons (Fsp3) is 0.533. The third-order valence-electron chi connectivity index (χ3n) is 3.47. The normalized spacial score (nSPS) is 14.3. The molecule has 0 unspecified atom stereocenters. The molecular weight excluding hydrogens is 258 g/mol. The quantitative estimate of drug-likeness (QED) is 0.776. The highest BCUT2D eigenvalue weighted by Crippen LogP contribution is 2.27. The number of rotatable bonds is 7. The van der Waals surface area contributed by atoms with E-state index in [1.165, 1.54) is 0 Å². The van der Waals surface area contributed by atoms with E-state index in [1.807, 2.05) is 0 Å². The molecule has 0 saturated heterocycles. The van der Waals surface area contributed by atoms with Crippen LogP contribution in [-0.4, -0.2) is 33.3 Å². The number of amides is 1. The summed E-state index contributed by atoms with van der Waals surface area (Å²) in [5.74, 6) is 2.38. The second-order valence-corrected chi connectivity index (χ2v) is 4.82. The van der Waals surface area contributed by atoms with Crippen molar-refractivity contribution >= 4 is 5.91 Å². The Balaban J connectivity index is 1.76. The lowest BCUT2D eigenvalue weighted by atomic mass is 9.85. The van der Waals surface area contributed by atoms with Crippen LogP contribution in [0.5, 0.6) is 17.2 Å². The predicted molar refractivity (Wildman–Crippen MR) is 75.4 cm³/mol. The van der Waals surface area contributed by atoms with Gasteiger partial charge in [-0.1, -0.05) is 6.42 Å². The number of ether oxygens (including phenoxy) is 3.